The van der Waals surface area contributed by atoms with E-state index in [0.29, 0.717) is 17.1 Å². The molecule has 2 N–H and O–H groups in total. The first-order valence-corrected chi connectivity index (χ1v) is 13.9. The van der Waals surface area contributed by atoms with Crippen molar-refractivity contribution < 1.29 is 4.79 Å². The van der Waals surface area contributed by atoms with Gasteiger partial charge in [0.05, 0.1) is 0 Å². The van der Waals surface area contributed by atoms with Gasteiger partial charge in [0.2, 0.25) is 5.95 Å². The predicted molar refractivity (Wildman–Crippen MR) is 146 cm³/mol. The Hall–Kier alpha value is -2.58. The second kappa shape index (κ2) is 12.1. The molecule has 9 heteroatoms. The summed E-state index contributed by atoms with van der Waals surface area (Å²) < 4.78 is 0. The minimum Gasteiger partial charge on any atom is -0.356 e. The maximum atomic E-state index is 12.7. The minimum absolute atomic E-state index is 0.0460. The summed E-state index contributed by atoms with van der Waals surface area (Å²) in [5.74, 6) is 1.79. The van der Waals surface area contributed by atoms with Crippen molar-refractivity contribution >= 4 is 35.1 Å². The zero-order valence-corrected chi connectivity index (χ0v) is 21.8. The molecule has 3 fully saturated rings. The number of carbonyl (C=O) groups is 1. The predicted octanol–water partition coefficient (Wildman–Crippen LogP) is 5.08. The highest BCUT2D eigenvalue weighted by Gasteiger charge is 2.30. The van der Waals surface area contributed by atoms with Crippen LogP contribution in [-0.4, -0.2) is 77.2 Å². The molecule has 0 saturated carbocycles. The Labute approximate surface area is 219 Å². The van der Waals surface area contributed by atoms with E-state index >= 15 is 0 Å². The van der Waals surface area contributed by atoms with Crippen LogP contribution < -0.4 is 15.5 Å². The van der Waals surface area contributed by atoms with E-state index in [4.69, 9.17) is 16.6 Å². The molecule has 0 radical (unpaired) electrons. The number of halogens is 1. The molecule has 36 heavy (non-hydrogen) atoms. The highest BCUT2D eigenvalue weighted by atomic mass is 35.5. The largest absolute Gasteiger partial charge is 0.356 e. The van der Waals surface area contributed by atoms with Crippen LogP contribution in [-0.2, 0) is 0 Å². The van der Waals surface area contributed by atoms with Crippen LogP contribution in [0.25, 0.3) is 0 Å². The summed E-state index contributed by atoms with van der Waals surface area (Å²) in [6, 6.07) is 10.2. The number of piperidine rings is 2. The average Bonchev–Trinajstić information content (AvgIpc) is 3.19. The van der Waals surface area contributed by atoms with E-state index in [2.05, 4.69) is 25.4 Å². The summed E-state index contributed by atoms with van der Waals surface area (Å²) >= 11 is 6.05. The Morgan fingerprint density at radius 1 is 0.944 bits per heavy atom. The SMILES string of the molecule is O=C(Nc1cccc(Cl)c1)N1CCC(N2CCCC(Nc3nccc(N4CCCCCC4)n3)C2)CC1. The molecular weight excluding hydrogens is 474 g/mol. The van der Waals surface area contributed by atoms with Crippen molar-refractivity contribution in [3.05, 3.63) is 41.6 Å². The molecule has 3 saturated heterocycles. The molecule has 1 aromatic carbocycles. The molecule has 1 unspecified atom stereocenters. The maximum Gasteiger partial charge on any atom is 0.321 e. The van der Waals surface area contributed by atoms with Crippen LogP contribution in [0.1, 0.15) is 51.4 Å². The van der Waals surface area contributed by atoms with E-state index < -0.39 is 0 Å². The zero-order valence-electron chi connectivity index (χ0n) is 21.0. The number of hydrogen-bond donors (Lipinski definition) is 2. The second-order valence-electron chi connectivity index (χ2n) is 10.3. The summed E-state index contributed by atoms with van der Waals surface area (Å²) in [6.45, 7) is 5.83. The molecule has 8 nitrogen and oxygen atoms in total. The minimum atomic E-state index is -0.0460. The second-order valence-corrected chi connectivity index (χ2v) is 10.7. The lowest BCUT2D eigenvalue weighted by molar-refractivity contribution is 0.0997. The van der Waals surface area contributed by atoms with Gasteiger partial charge in [-0.3, -0.25) is 4.90 Å². The van der Waals surface area contributed by atoms with Gasteiger partial charge >= 0.3 is 6.03 Å². The molecule has 1 aromatic heterocycles. The van der Waals surface area contributed by atoms with E-state index in [-0.39, 0.29) is 6.03 Å². The normalized spacial score (nSPS) is 22.2. The van der Waals surface area contributed by atoms with Gasteiger partial charge in [-0.1, -0.05) is 30.5 Å². The molecule has 0 bridgehead atoms. The van der Waals surface area contributed by atoms with Crippen LogP contribution in [0.2, 0.25) is 5.02 Å². The first-order valence-electron chi connectivity index (χ1n) is 13.5. The van der Waals surface area contributed by atoms with Gasteiger partial charge in [0.25, 0.3) is 0 Å². The molecule has 2 amide bonds. The number of amides is 2. The van der Waals surface area contributed by atoms with Gasteiger partial charge in [0, 0.05) is 61.7 Å². The van der Waals surface area contributed by atoms with Crippen molar-refractivity contribution in [2.45, 2.75) is 63.5 Å². The van der Waals surface area contributed by atoms with Gasteiger partial charge in [0.1, 0.15) is 5.82 Å². The number of benzene rings is 1. The Kier molecular flexibility index (Phi) is 8.43. The topological polar surface area (TPSA) is 76.6 Å². The number of aromatic nitrogens is 2. The molecule has 3 aliphatic rings. The van der Waals surface area contributed by atoms with Crippen LogP contribution in [0.4, 0.5) is 22.2 Å². The summed E-state index contributed by atoms with van der Waals surface area (Å²) in [5.41, 5.74) is 0.738. The molecular formula is C27H38ClN7O. The quantitative estimate of drug-likeness (QED) is 0.582. The van der Waals surface area contributed by atoms with Crippen molar-refractivity contribution in [2.75, 3.05) is 54.8 Å². The van der Waals surface area contributed by atoms with E-state index in [1.165, 1.54) is 32.1 Å². The van der Waals surface area contributed by atoms with Crippen LogP contribution in [0.3, 0.4) is 0 Å². The van der Waals surface area contributed by atoms with E-state index in [0.717, 1.165) is 76.0 Å². The average molecular weight is 512 g/mol. The van der Waals surface area contributed by atoms with Gasteiger partial charge in [-0.2, -0.15) is 4.98 Å². The third-order valence-corrected chi connectivity index (χ3v) is 7.94. The van der Waals surface area contributed by atoms with E-state index in [9.17, 15) is 4.79 Å². The molecule has 2 aromatic rings. The van der Waals surface area contributed by atoms with Crippen molar-refractivity contribution in [1.29, 1.82) is 0 Å². The lowest BCUT2D eigenvalue weighted by atomic mass is 9.98. The first-order chi connectivity index (χ1) is 17.6. The first kappa shape index (κ1) is 25.1. The fraction of sp³-hybridized carbons (Fsp3) is 0.593. The lowest BCUT2D eigenvalue weighted by Crippen LogP contribution is -2.52. The van der Waals surface area contributed by atoms with Crippen molar-refractivity contribution in [3.63, 3.8) is 0 Å². The summed E-state index contributed by atoms with van der Waals surface area (Å²) in [7, 11) is 0. The summed E-state index contributed by atoms with van der Waals surface area (Å²) in [4.78, 5) is 29.0. The Morgan fingerprint density at radius 2 is 1.75 bits per heavy atom. The van der Waals surface area contributed by atoms with E-state index in [1.54, 1.807) is 6.07 Å². The van der Waals surface area contributed by atoms with Gasteiger partial charge in [-0.15, -0.1) is 0 Å². The van der Waals surface area contributed by atoms with Gasteiger partial charge in [-0.25, -0.2) is 9.78 Å². The number of hydrogen-bond acceptors (Lipinski definition) is 6. The van der Waals surface area contributed by atoms with Crippen LogP contribution in [0, 0.1) is 0 Å². The number of urea groups is 1. The maximum absolute atomic E-state index is 12.7. The van der Waals surface area contributed by atoms with Crippen molar-refractivity contribution in [1.82, 2.24) is 19.8 Å². The van der Waals surface area contributed by atoms with Gasteiger partial charge in [-0.05, 0) is 69.3 Å². The molecule has 4 heterocycles. The fourth-order valence-corrected chi connectivity index (χ4v) is 5.93. The Balaban J connectivity index is 1.11. The van der Waals surface area contributed by atoms with Crippen LogP contribution >= 0.6 is 11.6 Å². The molecule has 5 rings (SSSR count). The molecule has 1 atom stereocenters. The summed E-state index contributed by atoms with van der Waals surface area (Å²) in [5, 5.41) is 7.23. The highest BCUT2D eigenvalue weighted by Crippen LogP contribution is 2.24. The molecule has 194 valence electrons. The zero-order chi connectivity index (χ0) is 24.7. The number of nitrogens with one attached hydrogen (secondary N) is 2. The molecule has 0 spiro atoms. The lowest BCUT2D eigenvalue weighted by Gasteiger charge is -2.42. The number of rotatable bonds is 5. The standard InChI is InChI=1S/C27H38ClN7O/c28-21-7-5-8-22(19-21)31-27(36)34-17-11-24(12-18-34)35-16-6-9-23(20-35)30-26-29-13-10-25(32-26)33-14-3-1-2-4-15-33/h5,7-8,10,13,19,23-24H,1-4,6,9,11-12,14-18,20H2,(H,31,36)(H,29,30,32). The smallest absolute Gasteiger partial charge is 0.321 e. The third kappa shape index (κ3) is 6.59. The molecule has 3 aliphatic heterocycles. The van der Waals surface area contributed by atoms with Crippen LogP contribution in [0.15, 0.2) is 36.5 Å². The number of likely N-dealkylation sites (tertiary alicyclic amines) is 2. The summed E-state index contributed by atoms with van der Waals surface area (Å²) in [6.07, 6.45) is 11.3. The Morgan fingerprint density at radius 3 is 2.53 bits per heavy atom. The Bertz CT molecular complexity index is 1010. The fourth-order valence-electron chi connectivity index (χ4n) is 5.74. The third-order valence-electron chi connectivity index (χ3n) is 7.70. The van der Waals surface area contributed by atoms with Gasteiger partial charge in [0.15, 0.2) is 0 Å². The van der Waals surface area contributed by atoms with Crippen molar-refractivity contribution in [3.8, 4) is 0 Å². The van der Waals surface area contributed by atoms with Crippen molar-refractivity contribution in [2.24, 2.45) is 0 Å². The number of carbonyl (C=O) groups excluding carboxylic acids is 1. The van der Waals surface area contributed by atoms with E-state index in [1.807, 2.05) is 35.4 Å². The van der Waals surface area contributed by atoms with Gasteiger partial charge < -0.3 is 20.4 Å². The van der Waals surface area contributed by atoms with Crippen LogP contribution in [0.5, 0.6) is 0 Å². The highest BCUT2D eigenvalue weighted by molar-refractivity contribution is 6.30. The molecule has 0 aliphatic carbocycles. The monoisotopic (exact) mass is 511 g/mol. The number of nitrogens with zero attached hydrogens (tertiary/aromatic N) is 5. The number of anilines is 3.